The third-order valence-corrected chi connectivity index (χ3v) is 5.05. The molecule has 2 aliphatic rings. The molecule has 4 rings (SSSR count). The van der Waals surface area contributed by atoms with Gasteiger partial charge in [0.25, 0.3) is 0 Å². The molecule has 1 aromatic heterocycles. The van der Waals surface area contributed by atoms with Gasteiger partial charge in [-0.05, 0) is 74.5 Å². The van der Waals surface area contributed by atoms with Gasteiger partial charge in [0.2, 0.25) is 5.91 Å². The number of nitrogens with zero attached hydrogens (tertiary/aromatic N) is 1. The molecule has 1 saturated heterocycles. The van der Waals surface area contributed by atoms with Crippen LogP contribution in [0, 0.1) is 5.92 Å². The second-order valence-electron chi connectivity index (χ2n) is 7.66. The summed E-state index contributed by atoms with van der Waals surface area (Å²) in [6, 6.07) is 5.63. The number of phenolic OH excluding ortho intramolecular Hbond substituents is 1. The zero-order chi connectivity index (χ0) is 22.4. The Morgan fingerprint density at radius 1 is 1.26 bits per heavy atom. The minimum atomic E-state index is -4.61. The van der Waals surface area contributed by atoms with Crippen molar-refractivity contribution >= 4 is 28.3 Å². The van der Waals surface area contributed by atoms with Crippen LogP contribution in [0.4, 0.5) is 13.2 Å². The van der Waals surface area contributed by atoms with Crippen LogP contribution in [0.25, 0.3) is 22.4 Å². The number of nitrogens with one attached hydrogen (secondary N) is 2. The first kappa shape index (κ1) is 22.8. The van der Waals surface area contributed by atoms with Crippen LogP contribution in [0.5, 0.6) is 5.75 Å². The fraction of sp³-hybridized carbons (Fsp3) is 0.391. The standard InChI is InChI=1S/C19H17F3N2O2.C4H9N/c1-11(19(20,21)22)17-16-7-6-15(25)10-13(16)9-14(24-17)3-2-8-23-18(26)12-4-5-12;1-2-4-5-3-1/h2-3,6-7,9-10,12,25H,1,4-5,8H2,(H,23,26);5H,1-4H2/b3-2+;. The number of halogens is 3. The lowest BCUT2D eigenvalue weighted by Gasteiger charge is -2.13. The topological polar surface area (TPSA) is 74.2 Å². The van der Waals surface area contributed by atoms with Gasteiger partial charge in [0.1, 0.15) is 5.75 Å². The molecule has 1 aromatic carbocycles. The molecule has 0 spiro atoms. The van der Waals surface area contributed by atoms with Crippen molar-refractivity contribution in [3.05, 3.63) is 48.3 Å². The quantitative estimate of drug-likeness (QED) is 0.653. The maximum Gasteiger partial charge on any atom is 0.417 e. The lowest BCUT2D eigenvalue weighted by Crippen LogP contribution is -2.24. The average molecular weight is 433 g/mol. The van der Waals surface area contributed by atoms with E-state index in [1.54, 1.807) is 12.1 Å². The van der Waals surface area contributed by atoms with E-state index in [9.17, 15) is 23.1 Å². The number of hydrogen-bond acceptors (Lipinski definition) is 4. The van der Waals surface area contributed by atoms with Gasteiger partial charge in [0.15, 0.2) is 0 Å². The molecule has 31 heavy (non-hydrogen) atoms. The van der Waals surface area contributed by atoms with E-state index < -0.39 is 11.7 Å². The van der Waals surface area contributed by atoms with Crippen molar-refractivity contribution in [2.75, 3.05) is 19.6 Å². The van der Waals surface area contributed by atoms with Crippen LogP contribution in [0.1, 0.15) is 37.1 Å². The summed E-state index contributed by atoms with van der Waals surface area (Å²) >= 11 is 0. The van der Waals surface area contributed by atoms with Crippen molar-refractivity contribution in [1.82, 2.24) is 15.6 Å². The van der Waals surface area contributed by atoms with Crippen LogP contribution in [0.15, 0.2) is 36.9 Å². The van der Waals surface area contributed by atoms with Crippen molar-refractivity contribution in [3.63, 3.8) is 0 Å². The third kappa shape index (κ3) is 6.55. The summed E-state index contributed by atoms with van der Waals surface area (Å²) in [5, 5.41) is 16.2. The minimum Gasteiger partial charge on any atom is -0.508 e. The highest BCUT2D eigenvalue weighted by Gasteiger charge is 2.35. The fourth-order valence-electron chi connectivity index (χ4n) is 3.17. The highest BCUT2D eigenvalue weighted by atomic mass is 19.4. The maximum absolute atomic E-state index is 13.1. The first-order chi connectivity index (χ1) is 14.8. The van der Waals surface area contributed by atoms with E-state index in [4.69, 9.17) is 0 Å². The molecule has 5 nitrogen and oxygen atoms in total. The molecule has 0 atom stereocenters. The molecule has 3 N–H and O–H groups in total. The lowest BCUT2D eigenvalue weighted by atomic mass is 10.0. The van der Waals surface area contributed by atoms with Crippen molar-refractivity contribution in [2.45, 2.75) is 31.9 Å². The highest BCUT2D eigenvalue weighted by molar-refractivity contribution is 5.94. The van der Waals surface area contributed by atoms with Crippen LogP contribution < -0.4 is 10.6 Å². The number of amides is 1. The molecular formula is C23H26F3N3O2. The number of benzene rings is 1. The number of aromatic nitrogens is 1. The van der Waals surface area contributed by atoms with Crippen LogP contribution >= 0.6 is 0 Å². The largest absolute Gasteiger partial charge is 0.508 e. The van der Waals surface area contributed by atoms with Crippen LogP contribution in [0.2, 0.25) is 0 Å². The Balaban J connectivity index is 0.000000478. The van der Waals surface area contributed by atoms with E-state index in [0.29, 0.717) is 5.39 Å². The van der Waals surface area contributed by atoms with Gasteiger partial charge in [0.05, 0.1) is 17.0 Å². The number of rotatable bonds is 5. The molecule has 8 heteroatoms. The summed E-state index contributed by atoms with van der Waals surface area (Å²) < 4.78 is 39.3. The lowest BCUT2D eigenvalue weighted by molar-refractivity contribution is -0.122. The summed E-state index contributed by atoms with van der Waals surface area (Å²) in [7, 11) is 0. The molecule has 0 radical (unpaired) electrons. The summed E-state index contributed by atoms with van der Waals surface area (Å²) in [5.74, 6) is 0.0166. The first-order valence-corrected chi connectivity index (χ1v) is 10.3. The van der Waals surface area contributed by atoms with E-state index in [-0.39, 0.29) is 40.9 Å². The average Bonchev–Trinajstić information content (AvgIpc) is 3.40. The van der Waals surface area contributed by atoms with E-state index in [2.05, 4.69) is 22.2 Å². The van der Waals surface area contributed by atoms with Gasteiger partial charge >= 0.3 is 6.18 Å². The summed E-state index contributed by atoms with van der Waals surface area (Å²) in [6.07, 6.45) is 3.11. The summed E-state index contributed by atoms with van der Waals surface area (Å²) in [6.45, 7) is 5.89. The van der Waals surface area contributed by atoms with Crippen molar-refractivity contribution in [3.8, 4) is 5.75 Å². The number of carbonyl (C=O) groups excluding carboxylic acids is 1. The van der Waals surface area contributed by atoms with Gasteiger partial charge in [-0.25, -0.2) is 4.98 Å². The van der Waals surface area contributed by atoms with Gasteiger partial charge in [-0.2, -0.15) is 13.2 Å². The van der Waals surface area contributed by atoms with Crippen LogP contribution in [-0.2, 0) is 4.79 Å². The number of alkyl halides is 3. The number of fused-ring (bicyclic) bond motifs is 1. The van der Waals surface area contributed by atoms with Gasteiger partial charge in [0, 0.05) is 17.8 Å². The number of phenols is 1. The molecule has 166 valence electrons. The normalized spacial score (nSPS) is 16.2. The van der Waals surface area contributed by atoms with Crippen LogP contribution in [0.3, 0.4) is 0 Å². The molecule has 2 fully saturated rings. The maximum atomic E-state index is 13.1. The number of carbonyl (C=O) groups is 1. The van der Waals surface area contributed by atoms with Crippen molar-refractivity contribution in [2.24, 2.45) is 5.92 Å². The molecule has 1 aliphatic heterocycles. The molecule has 1 aliphatic carbocycles. The molecule has 1 amide bonds. The number of allylic oxidation sites excluding steroid dienone is 1. The second-order valence-corrected chi connectivity index (χ2v) is 7.66. The van der Waals surface area contributed by atoms with E-state index in [0.717, 1.165) is 12.8 Å². The van der Waals surface area contributed by atoms with E-state index >= 15 is 0 Å². The molecule has 1 saturated carbocycles. The number of hydrogen-bond donors (Lipinski definition) is 3. The van der Waals surface area contributed by atoms with Crippen LogP contribution in [-0.4, -0.2) is 41.8 Å². The summed E-state index contributed by atoms with van der Waals surface area (Å²) in [4.78, 5) is 15.6. The zero-order valence-electron chi connectivity index (χ0n) is 17.1. The van der Waals surface area contributed by atoms with Gasteiger partial charge < -0.3 is 15.7 Å². The second kappa shape index (κ2) is 9.96. The molecule has 2 aromatic rings. The van der Waals surface area contributed by atoms with E-state index in [1.807, 2.05) is 0 Å². The zero-order valence-corrected chi connectivity index (χ0v) is 17.1. The summed E-state index contributed by atoms with van der Waals surface area (Å²) in [5.41, 5.74) is -1.05. The van der Waals surface area contributed by atoms with Crippen molar-refractivity contribution < 1.29 is 23.1 Å². The Morgan fingerprint density at radius 2 is 1.97 bits per heavy atom. The van der Waals surface area contributed by atoms with Gasteiger partial charge in [-0.15, -0.1) is 0 Å². The highest BCUT2D eigenvalue weighted by Crippen LogP contribution is 2.36. The Kier molecular flexibility index (Phi) is 7.33. The monoisotopic (exact) mass is 433 g/mol. The first-order valence-electron chi connectivity index (χ1n) is 10.3. The fourth-order valence-corrected chi connectivity index (χ4v) is 3.17. The van der Waals surface area contributed by atoms with Gasteiger partial charge in [-0.1, -0.05) is 12.7 Å². The Morgan fingerprint density at radius 3 is 2.55 bits per heavy atom. The molecular weight excluding hydrogens is 407 g/mol. The Labute approximate surface area is 179 Å². The number of pyridine rings is 1. The minimum absolute atomic E-state index is 0.0165. The SMILES string of the molecule is C1CCNC1.C=C(c1nc(/C=C/CNC(=O)C2CC2)cc2cc(O)ccc12)C(F)(F)F. The van der Waals surface area contributed by atoms with Gasteiger partial charge in [-0.3, -0.25) is 4.79 Å². The Bertz CT molecular complexity index is 970. The predicted molar refractivity (Wildman–Crippen MR) is 115 cm³/mol. The van der Waals surface area contributed by atoms with Crippen molar-refractivity contribution in [1.29, 1.82) is 0 Å². The third-order valence-electron chi connectivity index (χ3n) is 5.05. The molecule has 2 heterocycles. The predicted octanol–water partition coefficient (Wildman–Crippen LogP) is 4.43. The molecule has 0 bridgehead atoms. The molecule has 0 unspecified atom stereocenters. The number of aromatic hydroxyl groups is 1. The smallest absolute Gasteiger partial charge is 0.417 e. The Hall–Kier alpha value is -2.87. The van der Waals surface area contributed by atoms with E-state index in [1.165, 1.54) is 50.2 Å².